The third-order valence-corrected chi connectivity index (χ3v) is 3.02. The molecule has 3 heteroatoms. The van der Waals surface area contributed by atoms with E-state index >= 15 is 0 Å². The van der Waals surface area contributed by atoms with Crippen molar-refractivity contribution in [1.29, 1.82) is 0 Å². The predicted molar refractivity (Wildman–Crippen MR) is 58.1 cm³/mol. The molecule has 78 valence electrons. The average Bonchev–Trinajstić information content (AvgIpc) is 1.96. The Hall–Kier alpha value is -0.150. The summed E-state index contributed by atoms with van der Waals surface area (Å²) in [6.45, 7) is 10.1. The summed E-state index contributed by atoms with van der Waals surface area (Å²) >= 11 is -1.71. The van der Waals surface area contributed by atoms with Gasteiger partial charge in [0.15, 0.2) is 11.1 Å². The van der Waals surface area contributed by atoms with Crippen LogP contribution in [0.1, 0.15) is 41.0 Å². The monoisotopic (exact) mass is 204 g/mol. The summed E-state index contributed by atoms with van der Waals surface area (Å²) in [6, 6.07) is 0. The lowest BCUT2D eigenvalue weighted by molar-refractivity contribution is 0.474. The highest BCUT2D eigenvalue weighted by molar-refractivity contribution is 7.79. The molecule has 0 aliphatic carbocycles. The Morgan fingerprint density at radius 2 is 2.00 bits per heavy atom. The van der Waals surface area contributed by atoms with Crippen LogP contribution in [-0.2, 0) is 11.1 Å². The maximum atomic E-state index is 10.8. The van der Waals surface area contributed by atoms with Crippen molar-refractivity contribution in [2.75, 3.05) is 0 Å². The fourth-order valence-electron chi connectivity index (χ4n) is 1.24. The first-order valence-electron chi connectivity index (χ1n) is 4.54. The Bertz CT molecular complexity index is 213. The van der Waals surface area contributed by atoms with Crippen molar-refractivity contribution < 1.29 is 8.76 Å². The van der Waals surface area contributed by atoms with E-state index in [9.17, 15) is 4.21 Å². The summed E-state index contributed by atoms with van der Waals surface area (Å²) in [5.41, 5.74) is 1.34. The molecule has 1 N–H and O–H groups in total. The van der Waals surface area contributed by atoms with Crippen LogP contribution in [-0.4, -0.2) is 14.0 Å². The normalized spacial score (nSPS) is 18.5. The van der Waals surface area contributed by atoms with E-state index in [0.29, 0.717) is 6.42 Å². The second-order valence-corrected chi connectivity index (χ2v) is 5.71. The van der Waals surface area contributed by atoms with E-state index in [1.807, 2.05) is 13.0 Å². The molecule has 0 aromatic rings. The summed E-state index contributed by atoms with van der Waals surface area (Å²) in [7, 11) is 0. The summed E-state index contributed by atoms with van der Waals surface area (Å²) in [4.78, 5) is 0. The van der Waals surface area contributed by atoms with Gasteiger partial charge in [-0.3, -0.25) is 0 Å². The van der Waals surface area contributed by atoms with Gasteiger partial charge in [0.25, 0.3) is 0 Å². The molecular weight excluding hydrogens is 184 g/mol. The van der Waals surface area contributed by atoms with Gasteiger partial charge in [0, 0.05) is 0 Å². The molecule has 0 amide bonds. The molecule has 0 fully saturated rings. The molecule has 0 heterocycles. The smallest absolute Gasteiger partial charge is 0.156 e. The number of rotatable bonds is 3. The second-order valence-electron chi connectivity index (χ2n) is 4.35. The lowest BCUT2D eigenvalue weighted by Crippen LogP contribution is -2.17. The van der Waals surface area contributed by atoms with Gasteiger partial charge in [-0.15, -0.1) is 0 Å². The first-order chi connectivity index (χ1) is 5.79. The van der Waals surface area contributed by atoms with Crippen LogP contribution >= 0.6 is 0 Å². The van der Waals surface area contributed by atoms with Gasteiger partial charge in [-0.2, -0.15) is 0 Å². The molecule has 0 aliphatic heterocycles. The van der Waals surface area contributed by atoms with Crippen LogP contribution in [0.15, 0.2) is 11.6 Å². The van der Waals surface area contributed by atoms with Crippen molar-refractivity contribution in [3.8, 4) is 0 Å². The zero-order valence-electron chi connectivity index (χ0n) is 9.13. The molecule has 0 aromatic heterocycles. The van der Waals surface area contributed by atoms with Crippen molar-refractivity contribution in [1.82, 2.24) is 0 Å². The molecule has 0 saturated carbocycles. The molecular formula is C10H20O2S. The van der Waals surface area contributed by atoms with Crippen LogP contribution in [0.2, 0.25) is 0 Å². The van der Waals surface area contributed by atoms with E-state index in [2.05, 4.69) is 20.8 Å². The highest BCUT2D eigenvalue weighted by Crippen LogP contribution is 2.29. The fraction of sp³-hybridized carbons (Fsp3) is 0.800. The minimum Gasteiger partial charge on any atom is -0.306 e. The number of hydrogen-bond donors (Lipinski definition) is 1. The summed E-state index contributed by atoms with van der Waals surface area (Å²) in [6.07, 6.45) is 2.74. The third kappa shape index (κ3) is 4.58. The van der Waals surface area contributed by atoms with E-state index < -0.39 is 11.1 Å². The molecule has 0 rings (SSSR count). The van der Waals surface area contributed by atoms with Crippen molar-refractivity contribution in [2.45, 2.75) is 46.3 Å². The summed E-state index contributed by atoms with van der Waals surface area (Å²) < 4.78 is 19.6. The molecule has 0 saturated heterocycles. The first-order valence-corrected chi connectivity index (χ1v) is 5.71. The van der Waals surface area contributed by atoms with E-state index in [1.165, 1.54) is 5.57 Å². The lowest BCUT2D eigenvalue weighted by atomic mass is 9.84. The van der Waals surface area contributed by atoms with E-state index in [4.69, 9.17) is 4.55 Å². The highest BCUT2D eigenvalue weighted by atomic mass is 32.2. The predicted octanol–water partition coefficient (Wildman–Crippen LogP) is 2.98. The van der Waals surface area contributed by atoms with Crippen molar-refractivity contribution in [3.63, 3.8) is 0 Å². The largest absolute Gasteiger partial charge is 0.306 e. The van der Waals surface area contributed by atoms with Crippen molar-refractivity contribution in [2.24, 2.45) is 5.41 Å². The van der Waals surface area contributed by atoms with E-state index in [0.717, 1.165) is 0 Å². The van der Waals surface area contributed by atoms with Crippen LogP contribution in [0.4, 0.5) is 0 Å². The van der Waals surface area contributed by atoms with Gasteiger partial charge in [0.1, 0.15) is 0 Å². The first kappa shape index (κ1) is 12.8. The molecule has 0 spiro atoms. The van der Waals surface area contributed by atoms with Gasteiger partial charge in [0.05, 0.1) is 5.25 Å². The van der Waals surface area contributed by atoms with E-state index in [-0.39, 0.29) is 10.7 Å². The molecule has 0 bridgehead atoms. The summed E-state index contributed by atoms with van der Waals surface area (Å²) in [5, 5.41) is -0.176. The van der Waals surface area contributed by atoms with Crippen LogP contribution in [0.5, 0.6) is 0 Å². The van der Waals surface area contributed by atoms with E-state index in [1.54, 1.807) is 6.92 Å². The topological polar surface area (TPSA) is 37.3 Å². The molecule has 13 heavy (non-hydrogen) atoms. The Labute approximate surface area is 83.7 Å². The minimum atomic E-state index is -1.71. The van der Waals surface area contributed by atoms with Gasteiger partial charge < -0.3 is 4.55 Å². The number of hydrogen-bond acceptors (Lipinski definition) is 1. The number of allylic oxidation sites excluding steroid dienone is 2. The van der Waals surface area contributed by atoms with Gasteiger partial charge in [0.2, 0.25) is 0 Å². The molecule has 0 aromatic carbocycles. The van der Waals surface area contributed by atoms with Gasteiger partial charge in [-0.05, 0) is 25.7 Å². The molecule has 2 atom stereocenters. The third-order valence-electron chi connectivity index (χ3n) is 2.16. The zero-order chi connectivity index (χ0) is 10.6. The van der Waals surface area contributed by atoms with Gasteiger partial charge in [-0.1, -0.05) is 32.4 Å². The molecule has 2 nitrogen and oxygen atoms in total. The van der Waals surface area contributed by atoms with Gasteiger partial charge in [-0.25, -0.2) is 4.21 Å². The Balaban J connectivity index is 4.42. The molecule has 0 aliphatic rings. The van der Waals surface area contributed by atoms with Crippen molar-refractivity contribution >= 4 is 11.1 Å². The molecule has 0 radical (unpaired) electrons. The van der Waals surface area contributed by atoms with Gasteiger partial charge >= 0.3 is 0 Å². The lowest BCUT2D eigenvalue weighted by Gasteiger charge is -2.24. The van der Waals surface area contributed by atoms with Crippen LogP contribution in [0.25, 0.3) is 0 Å². The quantitative estimate of drug-likeness (QED) is 0.567. The summed E-state index contributed by atoms with van der Waals surface area (Å²) in [5.74, 6) is 0. The van der Waals surface area contributed by atoms with Crippen LogP contribution < -0.4 is 0 Å². The Morgan fingerprint density at radius 3 is 2.23 bits per heavy atom. The maximum Gasteiger partial charge on any atom is 0.156 e. The minimum absolute atomic E-state index is 0.0996. The average molecular weight is 204 g/mol. The zero-order valence-corrected chi connectivity index (χ0v) is 9.94. The van der Waals surface area contributed by atoms with Crippen LogP contribution in [0, 0.1) is 5.41 Å². The maximum absolute atomic E-state index is 10.8. The van der Waals surface area contributed by atoms with Crippen molar-refractivity contribution in [3.05, 3.63) is 11.6 Å². The standard InChI is InChI=1S/C10H20O2S/c1-6-9(10(3,4)5)7-8(2)13(11)12/h6,8H,7H2,1-5H3,(H,11,12). The SMILES string of the molecule is CC=C(CC(C)S(=O)O)C(C)(C)C. The molecule has 2 unspecified atom stereocenters. The van der Waals surface area contributed by atoms with Crippen LogP contribution in [0.3, 0.4) is 0 Å². The Kier molecular flexibility index (Phi) is 4.86. The second kappa shape index (κ2) is 4.91. The highest BCUT2D eigenvalue weighted by Gasteiger charge is 2.20. The Morgan fingerprint density at radius 1 is 1.54 bits per heavy atom. The fourth-order valence-corrected chi connectivity index (χ4v) is 1.56.